The van der Waals surface area contributed by atoms with Crippen molar-refractivity contribution in [3.05, 3.63) is 35.9 Å². The van der Waals surface area contributed by atoms with Gasteiger partial charge in [-0.2, -0.15) is 0 Å². The van der Waals surface area contributed by atoms with Crippen molar-refractivity contribution in [2.45, 2.75) is 25.1 Å². The minimum Gasteiger partial charge on any atom is -0.406 e. The summed E-state index contributed by atoms with van der Waals surface area (Å²) in [5.74, 6) is 0.291. The van der Waals surface area contributed by atoms with E-state index in [1.807, 2.05) is 0 Å². The first-order valence-corrected chi connectivity index (χ1v) is 5.02. The van der Waals surface area contributed by atoms with E-state index in [2.05, 4.69) is 11.3 Å². The van der Waals surface area contributed by atoms with Crippen molar-refractivity contribution < 1.29 is 17.9 Å². The Balaban J connectivity index is 2.25. The molecule has 0 aliphatic heterocycles. The lowest BCUT2D eigenvalue weighted by Gasteiger charge is -2.11. The predicted octanol–water partition coefficient (Wildman–Crippen LogP) is 4.11. The molecule has 86 valence electrons. The number of rotatable bonds is 3. The quantitative estimate of drug-likeness (QED) is 0.756. The third-order valence-electron chi connectivity index (χ3n) is 2.53. The summed E-state index contributed by atoms with van der Waals surface area (Å²) in [4.78, 5) is 0. The molecule has 1 nitrogen and oxygen atoms in total. The summed E-state index contributed by atoms with van der Waals surface area (Å²) in [6.45, 7) is 3.60. The average molecular weight is 228 g/mol. The normalized spacial score (nSPS) is 15.9. The Morgan fingerprint density at radius 2 is 2.00 bits per heavy atom. The van der Waals surface area contributed by atoms with Gasteiger partial charge in [-0.15, -0.1) is 13.2 Å². The zero-order valence-corrected chi connectivity index (χ0v) is 8.55. The van der Waals surface area contributed by atoms with Crippen LogP contribution in [-0.2, 0) is 0 Å². The number of alkyl halides is 3. The van der Waals surface area contributed by atoms with E-state index in [9.17, 15) is 13.2 Å². The molecule has 1 aliphatic carbocycles. The van der Waals surface area contributed by atoms with E-state index in [-0.39, 0.29) is 5.75 Å². The van der Waals surface area contributed by atoms with Crippen LogP contribution in [0, 0.1) is 0 Å². The molecule has 1 aliphatic rings. The molecule has 1 saturated carbocycles. The van der Waals surface area contributed by atoms with Crippen LogP contribution in [0.25, 0.3) is 6.08 Å². The standard InChI is InChI=1S/C12H11F3O/c1-2-8-7-10(16-12(13,14)15)5-6-11(8)9-3-4-9/h2,5-7,9H,1,3-4H2. The zero-order chi connectivity index (χ0) is 11.8. The molecular formula is C12H11F3O. The highest BCUT2D eigenvalue weighted by molar-refractivity contribution is 5.56. The Morgan fingerprint density at radius 3 is 2.50 bits per heavy atom. The Bertz CT molecular complexity index is 405. The number of halogens is 3. The fourth-order valence-corrected chi connectivity index (χ4v) is 1.69. The molecule has 0 amide bonds. The second-order valence-corrected chi connectivity index (χ2v) is 3.82. The summed E-state index contributed by atoms with van der Waals surface area (Å²) in [5, 5.41) is 0. The molecule has 2 rings (SSSR count). The van der Waals surface area contributed by atoms with Crippen molar-refractivity contribution in [2.24, 2.45) is 0 Å². The van der Waals surface area contributed by atoms with E-state index in [4.69, 9.17) is 0 Å². The first kappa shape index (κ1) is 11.0. The minimum atomic E-state index is -4.64. The number of hydrogen-bond acceptors (Lipinski definition) is 1. The van der Waals surface area contributed by atoms with Crippen LogP contribution in [0.2, 0.25) is 0 Å². The summed E-state index contributed by atoms with van der Waals surface area (Å²) in [6, 6.07) is 4.43. The van der Waals surface area contributed by atoms with Gasteiger partial charge in [-0.25, -0.2) is 0 Å². The molecule has 0 heterocycles. The molecule has 1 fully saturated rings. The Labute approximate surface area is 91.5 Å². The molecular weight excluding hydrogens is 217 g/mol. The van der Waals surface area contributed by atoms with Crippen molar-refractivity contribution in [1.82, 2.24) is 0 Å². The third kappa shape index (κ3) is 2.56. The van der Waals surface area contributed by atoms with E-state index >= 15 is 0 Å². The van der Waals surface area contributed by atoms with Gasteiger partial charge in [-0.1, -0.05) is 18.7 Å². The van der Waals surface area contributed by atoms with Gasteiger partial charge in [0, 0.05) is 0 Å². The highest BCUT2D eigenvalue weighted by Gasteiger charge is 2.32. The second-order valence-electron chi connectivity index (χ2n) is 3.82. The molecule has 0 aromatic heterocycles. The Morgan fingerprint density at radius 1 is 1.31 bits per heavy atom. The first-order valence-electron chi connectivity index (χ1n) is 5.02. The molecule has 0 unspecified atom stereocenters. The van der Waals surface area contributed by atoms with Crippen LogP contribution in [0.5, 0.6) is 5.75 Å². The lowest BCUT2D eigenvalue weighted by molar-refractivity contribution is -0.274. The van der Waals surface area contributed by atoms with Gasteiger partial charge in [0.1, 0.15) is 5.75 Å². The number of ether oxygens (including phenoxy) is 1. The predicted molar refractivity (Wildman–Crippen MR) is 55.2 cm³/mol. The molecule has 16 heavy (non-hydrogen) atoms. The molecule has 0 radical (unpaired) electrons. The summed E-state index contributed by atoms with van der Waals surface area (Å²) >= 11 is 0. The van der Waals surface area contributed by atoms with Gasteiger partial charge in [0.25, 0.3) is 0 Å². The molecule has 0 saturated heterocycles. The molecule has 4 heteroatoms. The van der Waals surface area contributed by atoms with Crippen molar-refractivity contribution in [2.75, 3.05) is 0 Å². The van der Waals surface area contributed by atoms with Crippen molar-refractivity contribution >= 4 is 6.08 Å². The maximum atomic E-state index is 12.0. The van der Waals surface area contributed by atoms with Gasteiger partial charge in [-0.3, -0.25) is 0 Å². The van der Waals surface area contributed by atoms with Crippen LogP contribution in [0.3, 0.4) is 0 Å². The lowest BCUT2D eigenvalue weighted by Crippen LogP contribution is -2.17. The van der Waals surface area contributed by atoms with Gasteiger partial charge < -0.3 is 4.74 Å². The van der Waals surface area contributed by atoms with Crippen LogP contribution < -0.4 is 4.74 Å². The summed E-state index contributed by atoms with van der Waals surface area (Å²) < 4.78 is 39.9. The zero-order valence-electron chi connectivity index (χ0n) is 8.55. The van der Waals surface area contributed by atoms with E-state index in [0.29, 0.717) is 5.92 Å². The van der Waals surface area contributed by atoms with E-state index in [1.54, 1.807) is 12.1 Å². The first-order chi connectivity index (χ1) is 7.49. The van der Waals surface area contributed by atoms with Crippen LogP contribution in [-0.4, -0.2) is 6.36 Å². The maximum absolute atomic E-state index is 12.0. The fraction of sp³-hybridized carbons (Fsp3) is 0.333. The molecule has 0 atom stereocenters. The van der Waals surface area contributed by atoms with E-state index < -0.39 is 6.36 Å². The summed E-state index contributed by atoms with van der Waals surface area (Å²) in [6.07, 6.45) is -0.878. The molecule has 1 aromatic carbocycles. The summed E-state index contributed by atoms with van der Waals surface area (Å²) in [7, 11) is 0. The average Bonchev–Trinajstić information content (AvgIpc) is 2.98. The van der Waals surface area contributed by atoms with Crippen LogP contribution >= 0.6 is 0 Å². The monoisotopic (exact) mass is 228 g/mol. The molecule has 0 spiro atoms. The van der Waals surface area contributed by atoms with Crippen molar-refractivity contribution in [3.63, 3.8) is 0 Å². The largest absolute Gasteiger partial charge is 0.573 e. The Kier molecular flexibility index (Phi) is 2.66. The van der Waals surface area contributed by atoms with Gasteiger partial charge in [0.2, 0.25) is 0 Å². The molecule has 0 bridgehead atoms. The van der Waals surface area contributed by atoms with Gasteiger partial charge in [0.15, 0.2) is 0 Å². The fourth-order valence-electron chi connectivity index (χ4n) is 1.69. The highest BCUT2D eigenvalue weighted by Crippen LogP contribution is 2.43. The van der Waals surface area contributed by atoms with Crippen molar-refractivity contribution in [1.29, 1.82) is 0 Å². The van der Waals surface area contributed by atoms with Crippen LogP contribution in [0.4, 0.5) is 13.2 Å². The SMILES string of the molecule is C=Cc1cc(OC(F)(F)F)ccc1C1CC1. The second kappa shape index (κ2) is 3.85. The van der Waals surface area contributed by atoms with Crippen LogP contribution in [0.1, 0.15) is 29.9 Å². The third-order valence-corrected chi connectivity index (χ3v) is 2.53. The topological polar surface area (TPSA) is 9.23 Å². The number of benzene rings is 1. The smallest absolute Gasteiger partial charge is 0.406 e. The lowest BCUT2D eigenvalue weighted by atomic mass is 10.0. The summed E-state index contributed by atoms with van der Waals surface area (Å²) in [5.41, 5.74) is 1.79. The van der Waals surface area contributed by atoms with Gasteiger partial charge in [-0.05, 0) is 42.0 Å². The van der Waals surface area contributed by atoms with Gasteiger partial charge >= 0.3 is 6.36 Å². The maximum Gasteiger partial charge on any atom is 0.573 e. The van der Waals surface area contributed by atoms with Gasteiger partial charge in [0.05, 0.1) is 0 Å². The van der Waals surface area contributed by atoms with E-state index in [1.165, 1.54) is 12.1 Å². The van der Waals surface area contributed by atoms with Crippen LogP contribution in [0.15, 0.2) is 24.8 Å². The number of hydrogen-bond donors (Lipinski definition) is 0. The van der Waals surface area contributed by atoms with E-state index in [0.717, 1.165) is 24.0 Å². The Hall–Kier alpha value is -1.45. The molecule has 0 N–H and O–H groups in total. The molecule has 1 aromatic rings. The highest BCUT2D eigenvalue weighted by atomic mass is 19.4. The van der Waals surface area contributed by atoms with Crippen molar-refractivity contribution in [3.8, 4) is 5.75 Å². The minimum absolute atomic E-state index is 0.188.